The molecule has 1 heterocycles. The van der Waals surface area contributed by atoms with Gasteiger partial charge < -0.3 is 4.74 Å². The van der Waals surface area contributed by atoms with E-state index in [0.717, 1.165) is 0 Å². The number of halogens is 3. The SMILES string of the molecule is N#CC1=Nc2cc(Cl)c(Cl)cc2C(Cl)=CO1. The fourth-order valence-electron chi connectivity index (χ4n) is 1.18. The van der Waals surface area contributed by atoms with Crippen LogP contribution in [0, 0.1) is 11.3 Å². The maximum atomic E-state index is 8.71. The van der Waals surface area contributed by atoms with Crippen molar-refractivity contribution in [2.45, 2.75) is 0 Å². The van der Waals surface area contributed by atoms with Crippen LogP contribution in [0.3, 0.4) is 0 Å². The van der Waals surface area contributed by atoms with Gasteiger partial charge in [0.15, 0.2) is 6.07 Å². The molecule has 0 bridgehead atoms. The third kappa shape index (κ3) is 2.00. The number of nitriles is 1. The monoisotopic (exact) mass is 272 g/mol. The van der Waals surface area contributed by atoms with Gasteiger partial charge in [-0.3, -0.25) is 0 Å². The number of rotatable bonds is 0. The van der Waals surface area contributed by atoms with E-state index in [9.17, 15) is 0 Å². The zero-order valence-corrected chi connectivity index (χ0v) is 9.94. The average molecular weight is 274 g/mol. The Morgan fingerprint density at radius 1 is 1.19 bits per heavy atom. The highest BCUT2D eigenvalue weighted by Gasteiger charge is 2.15. The maximum Gasteiger partial charge on any atom is 0.300 e. The number of nitrogens with zero attached hydrogens (tertiary/aromatic N) is 2. The summed E-state index contributed by atoms with van der Waals surface area (Å²) in [5.74, 6) is -0.102. The van der Waals surface area contributed by atoms with Crippen molar-refractivity contribution in [1.29, 1.82) is 5.26 Å². The van der Waals surface area contributed by atoms with Crippen LogP contribution in [0.15, 0.2) is 23.4 Å². The molecule has 2 rings (SSSR count). The Morgan fingerprint density at radius 2 is 1.88 bits per heavy atom. The largest absolute Gasteiger partial charge is 0.437 e. The smallest absolute Gasteiger partial charge is 0.300 e. The van der Waals surface area contributed by atoms with Crippen LogP contribution in [0.5, 0.6) is 0 Å². The average Bonchev–Trinajstić information content (AvgIpc) is 2.41. The lowest BCUT2D eigenvalue weighted by molar-refractivity contribution is 0.483. The molecule has 80 valence electrons. The first kappa shape index (κ1) is 11.3. The summed E-state index contributed by atoms with van der Waals surface area (Å²) in [7, 11) is 0. The minimum atomic E-state index is -0.102. The molecule has 0 spiro atoms. The fraction of sp³-hybridized carbons (Fsp3) is 0. The highest BCUT2D eigenvalue weighted by Crippen LogP contribution is 2.37. The zero-order valence-electron chi connectivity index (χ0n) is 7.67. The summed E-state index contributed by atoms with van der Waals surface area (Å²) in [6.07, 6.45) is 1.24. The normalized spacial score (nSPS) is 13.9. The molecule has 0 amide bonds. The highest BCUT2D eigenvalue weighted by molar-refractivity contribution is 6.50. The van der Waals surface area contributed by atoms with Gasteiger partial charge in [-0.1, -0.05) is 34.8 Å². The molecule has 0 unspecified atom stereocenters. The summed E-state index contributed by atoms with van der Waals surface area (Å²) in [5, 5.41) is 9.73. The van der Waals surface area contributed by atoms with E-state index in [4.69, 9.17) is 44.8 Å². The van der Waals surface area contributed by atoms with E-state index >= 15 is 0 Å². The molecule has 0 N–H and O–H groups in total. The third-order valence-corrected chi connectivity index (χ3v) is 2.90. The van der Waals surface area contributed by atoms with Crippen LogP contribution < -0.4 is 0 Å². The van der Waals surface area contributed by atoms with Crippen molar-refractivity contribution < 1.29 is 4.74 Å². The Hall–Kier alpha value is -1.21. The van der Waals surface area contributed by atoms with Gasteiger partial charge in [0.1, 0.15) is 6.26 Å². The minimum absolute atomic E-state index is 0.102. The van der Waals surface area contributed by atoms with Crippen LogP contribution in [0.2, 0.25) is 10.0 Å². The van der Waals surface area contributed by atoms with Crippen molar-refractivity contribution in [2.24, 2.45) is 4.99 Å². The molecular weight excluding hydrogens is 270 g/mol. The zero-order chi connectivity index (χ0) is 11.7. The molecular formula is C10H3Cl3N2O. The number of fused-ring (bicyclic) bond motifs is 1. The van der Waals surface area contributed by atoms with Crippen molar-refractivity contribution in [3.63, 3.8) is 0 Å². The quantitative estimate of drug-likeness (QED) is 0.714. The summed E-state index contributed by atoms with van der Waals surface area (Å²) >= 11 is 17.7. The van der Waals surface area contributed by atoms with Crippen LogP contribution in [0.25, 0.3) is 5.03 Å². The van der Waals surface area contributed by atoms with Gasteiger partial charge in [-0.2, -0.15) is 5.26 Å². The van der Waals surface area contributed by atoms with E-state index in [1.165, 1.54) is 12.3 Å². The first-order chi connectivity index (χ1) is 7.61. The van der Waals surface area contributed by atoms with Crippen LogP contribution in [-0.4, -0.2) is 5.90 Å². The van der Waals surface area contributed by atoms with Crippen molar-refractivity contribution in [3.05, 3.63) is 34.0 Å². The first-order valence-corrected chi connectivity index (χ1v) is 5.25. The Labute approximate surface area is 107 Å². The molecule has 0 aromatic heterocycles. The number of ether oxygens (including phenoxy) is 1. The number of hydrogen-bond donors (Lipinski definition) is 0. The maximum absolute atomic E-state index is 8.71. The second-order valence-corrected chi connectivity index (χ2v) is 4.12. The molecule has 16 heavy (non-hydrogen) atoms. The second kappa shape index (κ2) is 4.34. The molecule has 0 fully saturated rings. The lowest BCUT2D eigenvalue weighted by Gasteiger charge is -2.03. The molecule has 6 heteroatoms. The molecule has 0 saturated carbocycles. The third-order valence-electron chi connectivity index (χ3n) is 1.89. The van der Waals surface area contributed by atoms with Crippen LogP contribution in [0.1, 0.15) is 5.56 Å². The van der Waals surface area contributed by atoms with E-state index in [0.29, 0.717) is 26.3 Å². The van der Waals surface area contributed by atoms with E-state index in [2.05, 4.69) is 4.99 Å². The molecule has 1 aromatic carbocycles. The van der Waals surface area contributed by atoms with Gasteiger partial charge in [0.25, 0.3) is 0 Å². The van der Waals surface area contributed by atoms with Gasteiger partial charge in [0.2, 0.25) is 0 Å². The first-order valence-electron chi connectivity index (χ1n) is 4.12. The van der Waals surface area contributed by atoms with Crippen molar-refractivity contribution in [1.82, 2.24) is 0 Å². The standard InChI is InChI=1S/C10H3Cl3N2O/c11-6-1-5-8(13)4-16-10(3-14)15-9(5)2-7(6)12/h1-2,4H. The Bertz CT molecular complexity index is 558. The van der Waals surface area contributed by atoms with Crippen LogP contribution in [0.4, 0.5) is 5.69 Å². The Balaban J connectivity index is 2.69. The van der Waals surface area contributed by atoms with E-state index in [1.807, 2.05) is 0 Å². The van der Waals surface area contributed by atoms with Gasteiger partial charge in [-0.15, -0.1) is 0 Å². The molecule has 1 aromatic rings. The number of aliphatic imine (C=N–C) groups is 1. The van der Waals surface area contributed by atoms with Gasteiger partial charge in [-0.05, 0) is 12.1 Å². The summed E-state index contributed by atoms with van der Waals surface area (Å²) < 4.78 is 4.94. The predicted molar refractivity (Wildman–Crippen MR) is 64.1 cm³/mol. The molecule has 3 nitrogen and oxygen atoms in total. The second-order valence-electron chi connectivity index (χ2n) is 2.90. The summed E-state index contributed by atoms with van der Waals surface area (Å²) in [6, 6.07) is 4.89. The van der Waals surface area contributed by atoms with E-state index < -0.39 is 0 Å². The van der Waals surface area contributed by atoms with Crippen molar-refractivity contribution in [3.8, 4) is 6.07 Å². The minimum Gasteiger partial charge on any atom is -0.437 e. The lowest BCUT2D eigenvalue weighted by atomic mass is 10.2. The molecule has 0 radical (unpaired) electrons. The van der Waals surface area contributed by atoms with Crippen LogP contribution in [-0.2, 0) is 4.74 Å². The molecule has 0 atom stereocenters. The number of hydrogen-bond acceptors (Lipinski definition) is 3. The summed E-state index contributed by atoms with van der Waals surface area (Å²) in [4.78, 5) is 3.96. The van der Waals surface area contributed by atoms with Gasteiger partial charge in [-0.25, -0.2) is 4.99 Å². The topological polar surface area (TPSA) is 45.4 Å². The van der Waals surface area contributed by atoms with Crippen molar-refractivity contribution >= 4 is 51.4 Å². The Morgan fingerprint density at radius 3 is 2.56 bits per heavy atom. The highest BCUT2D eigenvalue weighted by atomic mass is 35.5. The molecule has 0 aliphatic carbocycles. The number of benzene rings is 1. The van der Waals surface area contributed by atoms with Crippen LogP contribution >= 0.6 is 34.8 Å². The van der Waals surface area contributed by atoms with Gasteiger partial charge in [0.05, 0.1) is 20.8 Å². The molecule has 1 aliphatic heterocycles. The summed E-state index contributed by atoms with van der Waals surface area (Å²) in [6.45, 7) is 0. The molecule has 0 saturated heterocycles. The van der Waals surface area contributed by atoms with Gasteiger partial charge in [0, 0.05) is 5.56 Å². The predicted octanol–water partition coefficient (Wildman–Crippen LogP) is 4.11. The Kier molecular flexibility index (Phi) is 3.06. The molecule has 1 aliphatic rings. The van der Waals surface area contributed by atoms with Gasteiger partial charge >= 0.3 is 5.90 Å². The van der Waals surface area contributed by atoms with Crippen molar-refractivity contribution in [2.75, 3.05) is 0 Å². The lowest BCUT2D eigenvalue weighted by Crippen LogP contribution is -1.93. The van der Waals surface area contributed by atoms with E-state index in [-0.39, 0.29) is 5.90 Å². The summed E-state index contributed by atoms with van der Waals surface area (Å²) in [5.41, 5.74) is 1.02. The van der Waals surface area contributed by atoms with E-state index in [1.54, 1.807) is 12.1 Å². The fourth-order valence-corrected chi connectivity index (χ4v) is 1.70.